The summed E-state index contributed by atoms with van der Waals surface area (Å²) >= 11 is 1.24. The lowest BCUT2D eigenvalue weighted by Crippen LogP contribution is -2.31. The Morgan fingerprint density at radius 2 is 1.96 bits per heavy atom. The van der Waals surface area contributed by atoms with Gasteiger partial charge >= 0.3 is 0 Å². The molecule has 146 valence electrons. The van der Waals surface area contributed by atoms with Gasteiger partial charge in [-0.15, -0.1) is 11.8 Å². The number of amides is 1. The average molecular weight is 399 g/mol. The number of hydrogen-bond donors (Lipinski definition) is 1. The van der Waals surface area contributed by atoms with Gasteiger partial charge in [-0.2, -0.15) is 0 Å². The lowest BCUT2D eigenvalue weighted by atomic mass is 9.97. The Morgan fingerprint density at radius 3 is 2.57 bits per heavy atom. The van der Waals surface area contributed by atoms with Gasteiger partial charge in [0.2, 0.25) is 0 Å². The monoisotopic (exact) mass is 399 g/mol. The molecule has 1 unspecified atom stereocenters. The number of nitrogens with two attached hydrogens (primary N) is 1. The minimum absolute atomic E-state index is 0.118. The van der Waals surface area contributed by atoms with Crippen molar-refractivity contribution >= 4 is 29.1 Å². The summed E-state index contributed by atoms with van der Waals surface area (Å²) in [4.78, 5) is 39.0. The van der Waals surface area contributed by atoms with Gasteiger partial charge in [0, 0.05) is 30.3 Å². The van der Waals surface area contributed by atoms with Crippen LogP contribution in [0, 0.1) is 16.0 Å². The van der Waals surface area contributed by atoms with Gasteiger partial charge in [0.15, 0.2) is 5.78 Å². The van der Waals surface area contributed by atoms with Crippen molar-refractivity contribution in [1.29, 1.82) is 0 Å². The quantitative estimate of drug-likeness (QED) is 0.346. The van der Waals surface area contributed by atoms with Gasteiger partial charge in [0.25, 0.3) is 11.6 Å². The van der Waals surface area contributed by atoms with Crippen LogP contribution in [0.5, 0.6) is 0 Å². The number of thioether (sulfide) groups is 1. The molecule has 2 N–H and O–H groups in total. The molecule has 0 spiro atoms. The van der Waals surface area contributed by atoms with Crippen molar-refractivity contribution in [3.05, 3.63) is 69.3 Å². The summed E-state index contributed by atoms with van der Waals surface area (Å²) < 4.78 is 0. The Balaban J connectivity index is 1.95. The highest BCUT2D eigenvalue weighted by atomic mass is 32.2. The van der Waals surface area contributed by atoms with E-state index in [0.29, 0.717) is 30.1 Å². The van der Waals surface area contributed by atoms with Crippen LogP contribution in [-0.4, -0.2) is 47.4 Å². The summed E-state index contributed by atoms with van der Waals surface area (Å²) in [6.45, 7) is 1.71. The third kappa shape index (κ3) is 3.93. The van der Waals surface area contributed by atoms with Gasteiger partial charge in [-0.25, -0.2) is 0 Å². The highest BCUT2D eigenvalue weighted by Gasteiger charge is 2.29. The first-order valence-electron chi connectivity index (χ1n) is 8.91. The Kier molecular flexibility index (Phi) is 6.11. The molecule has 1 atom stereocenters. The average Bonchev–Trinajstić information content (AvgIpc) is 3.21. The Morgan fingerprint density at radius 1 is 1.25 bits per heavy atom. The molecule has 2 aromatic rings. The van der Waals surface area contributed by atoms with Crippen LogP contribution in [0.2, 0.25) is 0 Å². The molecule has 1 aliphatic rings. The van der Waals surface area contributed by atoms with Crippen LogP contribution in [0.15, 0.2) is 47.4 Å². The van der Waals surface area contributed by atoms with Crippen LogP contribution < -0.4 is 5.73 Å². The van der Waals surface area contributed by atoms with Gasteiger partial charge in [0.1, 0.15) is 0 Å². The topological polar surface area (TPSA) is 107 Å². The zero-order valence-corrected chi connectivity index (χ0v) is 16.3. The number of rotatable bonds is 6. The molecule has 0 aliphatic carbocycles. The first-order valence-corrected chi connectivity index (χ1v) is 10.1. The number of nitro benzene ring substituents is 1. The summed E-state index contributed by atoms with van der Waals surface area (Å²) in [7, 11) is 0. The smallest absolute Gasteiger partial charge is 0.283 e. The van der Waals surface area contributed by atoms with Crippen molar-refractivity contribution in [1.82, 2.24) is 4.90 Å². The van der Waals surface area contributed by atoms with E-state index in [4.69, 9.17) is 5.73 Å². The van der Waals surface area contributed by atoms with Crippen LogP contribution in [0.25, 0.3) is 0 Å². The Labute approximate surface area is 167 Å². The van der Waals surface area contributed by atoms with Crippen LogP contribution in [0.3, 0.4) is 0 Å². The molecule has 1 amide bonds. The Bertz CT molecular complexity index is 931. The summed E-state index contributed by atoms with van der Waals surface area (Å²) in [6.07, 6.45) is 2.59. The highest BCUT2D eigenvalue weighted by molar-refractivity contribution is 7.98. The molecule has 8 heteroatoms. The normalized spacial score (nSPS) is 16.2. The SMILES string of the molecule is CSc1ccc(C(=O)c2ccccc2C(=O)N2CCC(CN)C2)cc1[N+](=O)[O-]. The molecule has 7 nitrogen and oxygen atoms in total. The van der Waals surface area contributed by atoms with Crippen LogP contribution in [-0.2, 0) is 0 Å². The molecule has 28 heavy (non-hydrogen) atoms. The zero-order valence-electron chi connectivity index (χ0n) is 15.5. The van der Waals surface area contributed by atoms with Gasteiger partial charge < -0.3 is 10.6 Å². The molecular weight excluding hydrogens is 378 g/mol. The maximum absolute atomic E-state index is 13.1. The van der Waals surface area contributed by atoms with Gasteiger partial charge in [-0.05, 0) is 43.3 Å². The van der Waals surface area contributed by atoms with E-state index in [9.17, 15) is 19.7 Å². The number of carbonyl (C=O) groups excluding carboxylic acids is 2. The molecule has 1 fully saturated rings. The number of hydrogen-bond acceptors (Lipinski definition) is 6. The molecule has 2 aromatic carbocycles. The maximum atomic E-state index is 13.1. The standard InChI is InChI=1S/C20H21N3O4S/c1-28-18-7-6-14(10-17(18)23(26)27)19(24)15-4-2-3-5-16(15)20(25)22-9-8-13(11-21)12-22/h2-7,10,13H,8-9,11-12,21H2,1H3. The van der Waals surface area contributed by atoms with Crippen molar-refractivity contribution in [3.63, 3.8) is 0 Å². The van der Waals surface area contributed by atoms with Crippen molar-refractivity contribution in [2.45, 2.75) is 11.3 Å². The second-order valence-corrected chi connectivity index (χ2v) is 7.51. The maximum Gasteiger partial charge on any atom is 0.283 e. The zero-order chi connectivity index (χ0) is 20.3. The van der Waals surface area contributed by atoms with Gasteiger partial charge in [-0.1, -0.05) is 18.2 Å². The number of nitrogens with zero attached hydrogens (tertiary/aromatic N) is 2. The molecule has 0 bridgehead atoms. The molecule has 1 saturated heterocycles. The summed E-state index contributed by atoms with van der Waals surface area (Å²) in [5.41, 5.74) is 6.32. The van der Waals surface area contributed by atoms with E-state index >= 15 is 0 Å². The van der Waals surface area contributed by atoms with Crippen molar-refractivity contribution in [2.24, 2.45) is 11.7 Å². The third-order valence-electron chi connectivity index (χ3n) is 4.95. The molecule has 0 saturated carbocycles. The number of ketones is 1. The predicted octanol–water partition coefficient (Wildman–Crippen LogP) is 2.97. The van der Waals surface area contributed by atoms with E-state index in [1.165, 1.54) is 17.8 Å². The number of likely N-dealkylation sites (tertiary alicyclic amines) is 1. The van der Waals surface area contributed by atoms with Crippen LogP contribution in [0.1, 0.15) is 32.7 Å². The number of benzene rings is 2. The molecule has 0 radical (unpaired) electrons. The molecule has 1 heterocycles. The van der Waals surface area contributed by atoms with Crippen molar-refractivity contribution in [2.75, 3.05) is 25.9 Å². The summed E-state index contributed by atoms with van der Waals surface area (Å²) in [6, 6.07) is 11.0. The van der Waals surface area contributed by atoms with Crippen molar-refractivity contribution < 1.29 is 14.5 Å². The third-order valence-corrected chi connectivity index (χ3v) is 5.73. The molecule has 0 aromatic heterocycles. The van der Waals surface area contributed by atoms with Crippen LogP contribution >= 0.6 is 11.8 Å². The fraction of sp³-hybridized carbons (Fsp3) is 0.300. The molecule has 1 aliphatic heterocycles. The second kappa shape index (κ2) is 8.53. The highest BCUT2D eigenvalue weighted by Crippen LogP contribution is 2.30. The first kappa shape index (κ1) is 20.0. The summed E-state index contributed by atoms with van der Waals surface area (Å²) in [5.74, 6) is -0.349. The largest absolute Gasteiger partial charge is 0.338 e. The number of nitro groups is 1. The lowest BCUT2D eigenvalue weighted by Gasteiger charge is -2.18. The van der Waals surface area contributed by atoms with E-state index in [2.05, 4.69) is 0 Å². The van der Waals surface area contributed by atoms with Gasteiger partial charge in [0.05, 0.1) is 15.4 Å². The fourth-order valence-electron chi connectivity index (χ4n) is 3.38. The minimum Gasteiger partial charge on any atom is -0.338 e. The van der Waals surface area contributed by atoms with E-state index in [0.717, 1.165) is 6.42 Å². The fourth-order valence-corrected chi connectivity index (χ4v) is 3.92. The molecular formula is C20H21N3O4S. The minimum atomic E-state index is -0.503. The van der Waals surface area contributed by atoms with E-state index in [1.54, 1.807) is 47.6 Å². The lowest BCUT2D eigenvalue weighted by molar-refractivity contribution is -0.387. The van der Waals surface area contributed by atoms with Gasteiger partial charge in [-0.3, -0.25) is 19.7 Å². The van der Waals surface area contributed by atoms with E-state index < -0.39 is 10.7 Å². The second-order valence-electron chi connectivity index (χ2n) is 6.66. The van der Waals surface area contributed by atoms with E-state index in [-0.39, 0.29) is 28.6 Å². The van der Waals surface area contributed by atoms with Crippen molar-refractivity contribution in [3.8, 4) is 0 Å². The summed E-state index contributed by atoms with van der Waals surface area (Å²) in [5, 5.41) is 11.3. The van der Waals surface area contributed by atoms with Crippen LogP contribution in [0.4, 0.5) is 5.69 Å². The number of carbonyl (C=O) groups is 2. The predicted molar refractivity (Wildman–Crippen MR) is 108 cm³/mol. The first-order chi connectivity index (χ1) is 13.5. The Hall–Kier alpha value is -2.71. The molecule has 3 rings (SSSR count). The van der Waals surface area contributed by atoms with E-state index in [1.807, 2.05) is 0 Å².